The minimum Gasteiger partial charge on any atom is -0.550 e. The van der Waals surface area contributed by atoms with Crippen LogP contribution in [0.1, 0.15) is 39.6 Å². The van der Waals surface area contributed by atoms with Gasteiger partial charge in [0, 0.05) is 29.1 Å². The van der Waals surface area contributed by atoms with Gasteiger partial charge in [-0.1, -0.05) is 36.4 Å². The molecule has 5 rings (SSSR count). The average molecular weight is 512 g/mol. The number of carbonyl (C=O) groups is 1. The smallest absolute Gasteiger partial charge is 0.550 e. The molecular weight excluding hydrogens is 491 g/mol. The number of fused-ring (bicyclic) bond motifs is 3. The van der Waals surface area contributed by atoms with Gasteiger partial charge < -0.3 is 14.6 Å². The Balaban J connectivity index is 0.00000304. The van der Waals surface area contributed by atoms with E-state index in [1.807, 2.05) is 48.5 Å². The number of benzene rings is 3. The molecule has 0 amide bonds. The van der Waals surface area contributed by atoms with E-state index in [-0.39, 0.29) is 52.1 Å². The number of nitrogens with zero attached hydrogens (tertiary/aromatic N) is 1. The molecule has 0 spiro atoms. The topological polar surface area (TPSA) is 62.2 Å². The van der Waals surface area contributed by atoms with Crippen molar-refractivity contribution in [3.8, 4) is 5.75 Å². The number of carbonyl (C=O) groups excluding carboxylic acids is 1. The summed E-state index contributed by atoms with van der Waals surface area (Å²) in [5.74, 6) is -1.22. The minimum absolute atomic E-state index is 0. The maximum Gasteiger partial charge on any atom is 1.00 e. The quantitative estimate of drug-likeness (QED) is 0.373. The Hall–Kier alpha value is -2.71. The van der Waals surface area contributed by atoms with Crippen molar-refractivity contribution in [2.45, 2.75) is 18.3 Å². The van der Waals surface area contributed by atoms with Crippen molar-refractivity contribution in [1.82, 2.24) is 4.98 Å². The molecule has 4 aromatic rings. The number of carboxylic acids is 1. The molecule has 0 N–H and O–H groups in total. The predicted molar refractivity (Wildman–Crippen MR) is 132 cm³/mol. The third-order valence-corrected chi connectivity index (χ3v) is 7.10. The number of pyridine rings is 1. The van der Waals surface area contributed by atoms with Gasteiger partial charge in [-0.3, -0.25) is 0 Å². The number of thioether (sulfide) groups is 1. The molecular formula is C28H20F2NNaO3S. The van der Waals surface area contributed by atoms with Gasteiger partial charge in [-0.25, -0.2) is 13.8 Å². The second-order valence-electron chi connectivity index (χ2n) is 8.18. The molecule has 1 aliphatic heterocycles. The maximum atomic E-state index is 14.0. The van der Waals surface area contributed by atoms with Gasteiger partial charge in [-0.15, -0.1) is 11.8 Å². The first-order chi connectivity index (χ1) is 17.0. The summed E-state index contributed by atoms with van der Waals surface area (Å²) >= 11 is 1.54. The van der Waals surface area contributed by atoms with Crippen molar-refractivity contribution >= 4 is 40.8 Å². The van der Waals surface area contributed by atoms with Crippen LogP contribution >= 0.6 is 11.8 Å². The number of aromatic nitrogens is 1. The molecule has 1 atom stereocenters. The first kappa shape index (κ1) is 26.4. The molecule has 0 saturated heterocycles. The van der Waals surface area contributed by atoms with Gasteiger partial charge in [0.1, 0.15) is 24.0 Å². The van der Waals surface area contributed by atoms with E-state index in [1.54, 1.807) is 30.0 Å². The fourth-order valence-electron chi connectivity index (χ4n) is 4.14. The number of rotatable bonds is 6. The second-order valence-corrected chi connectivity index (χ2v) is 9.39. The number of hydrogen-bond donors (Lipinski definition) is 0. The summed E-state index contributed by atoms with van der Waals surface area (Å²) in [6, 6.07) is 19.2. The van der Waals surface area contributed by atoms with E-state index in [0.29, 0.717) is 18.1 Å². The van der Waals surface area contributed by atoms with Gasteiger partial charge in [-0.05, 0) is 59.2 Å². The fourth-order valence-corrected chi connectivity index (χ4v) is 5.43. The molecule has 36 heavy (non-hydrogen) atoms. The summed E-state index contributed by atoms with van der Waals surface area (Å²) in [6.07, 6.45) is 3.63. The molecule has 0 aliphatic carbocycles. The maximum absolute atomic E-state index is 14.0. The molecule has 0 bridgehead atoms. The normalized spacial score (nSPS) is 14.4. The first-order valence-electron chi connectivity index (χ1n) is 11.1. The molecule has 0 radical (unpaired) electrons. The van der Waals surface area contributed by atoms with E-state index in [9.17, 15) is 18.7 Å². The van der Waals surface area contributed by atoms with E-state index >= 15 is 0 Å². The van der Waals surface area contributed by atoms with Crippen LogP contribution in [-0.4, -0.2) is 16.7 Å². The molecule has 4 nitrogen and oxygen atoms in total. The predicted octanol–water partition coefficient (Wildman–Crippen LogP) is 2.54. The van der Waals surface area contributed by atoms with Crippen LogP contribution in [0.5, 0.6) is 5.75 Å². The second kappa shape index (κ2) is 11.6. The fraction of sp³-hybridized carbons (Fsp3) is 0.143. The molecule has 1 unspecified atom stereocenters. The van der Waals surface area contributed by atoms with Crippen LogP contribution in [0.2, 0.25) is 0 Å². The average Bonchev–Trinajstić information content (AvgIpc) is 2.99. The van der Waals surface area contributed by atoms with Crippen molar-refractivity contribution in [3.05, 3.63) is 106 Å². The summed E-state index contributed by atoms with van der Waals surface area (Å²) < 4.78 is 33.6. The summed E-state index contributed by atoms with van der Waals surface area (Å²) in [5, 5.41) is 11.2. The molecule has 1 aliphatic rings. The van der Waals surface area contributed by atoms with E-state index in [1.165, 1.54) is 6.07 Å². The summed E-state index contributed by atoms with van der Waals surface area (Å²) in [4.78, 5) is 15.3. The van der Waals surface area contributed by atoms with E-state index in [2.05, 4.69) is 4.98 Å². The minimum atomic E-state index is -1.07. The zero-order valence-corrected chi connectivity index (χ0v) is 22.4. The number of carboxylic acid groups (broad SMARTS) is 1. The van der Waals surface area contributed by atoms with Crippen LogP contribution < -0.4 is 39.4 Å². The van der Waals surface area contributed by atoms with E-state index in [4.69, 9.17) is 4.74 Å². The number of aliphatic carboxylic acids is 1. The Kier molecular flexibility index (Phi) is 8.46. The van der Waals surface area contributed by atoms with Crippen molar-refractivity contribution in [1.29, 1.82) is 0 Å². The van der Waals surface area contributed by atoms with Crippen LogP contribution in [0.25, 0.3) is 23.1 Å². The molecule has 176 valence electrons. The Morgan fingerprint density at radius 3 is 2.72 bits per heavy atom. The number of ether oxygens (including phenoxy) is 1. The summed E-state index contributed by atoms with van der Waals surface area (Å²) in [6.45, 7) is 0.435. The van der Waals surface area contributed by atoms with Gasteiger partial charge in [0.05, 0.1) is 16.5 Å². The largest absolute Gasteiger partial charge is 1.00 e. The summed E-state index contributed by atoms with van der Waals surface area (Å²) in [5.41, 5.74) is 4.82. The SMILES string of the molecule is O=C([O-])CCSC1c2ccccc2COc2ccc(C=Cc3ccc4c(F)cc(F)cc4n3)cc21.[Na+]. The van der Waals surface area contributed by atoms with Gasteiger partial charge in [0.15, 0.2) is 0 Å². The molecule has 8 heteroatoms. The van der Waals surface area contributed by atoms with Crippen molar-refractivity contribution in [2.24, 2.45) is 0 Å². The van der Waals surface area contributed by atoms with Gasteiger partial charge >= 0.3 is 29.6 Å². The molecule has 2 heterocycles. The molecule has 0 saturated carbocycles. The Morgan fingerprint density at radius 1 is 1.06 bits per heavy atom. The van der Waals surface area contributed by atoms with Crippen LogP contribution in [0.4, 0.5) is 8.78 Å². The summed E-state index contributed by atoms with van der Waals surface area (Å²) in [7, 11) is 0. The zero-order valence-electron chi connectivity index (χ0n) is 19.5. The third kappa shape index (κ3) is 5.81. The van der Waals surface area contributed by atoms with Crippen LogP contribution in [0.3, 0.4) is 0 Å². The molecule has 3 aromatic carbocycles. The number of hydrogen-bond acceptors (Lipinski definition) is 5. The monoisotopic (exact) mass is 511 g/mol. The number of halogens is 2. The van der Waals surface area contributed by atoms with E-state index < -0.39 is 17.6 Å². The van der Waals surface area contributed by atoms with Crippen molar-refractivity contribution in [2.75, 3.05) is 5.75 Å². The third-order valence-electron chi connectivity index (χ3n) is 5.82. The van der Waals surface area contributed by atoms with Gasteiger partial charge in [0.25, 0.3) is 0 Å². The van der Waals surface area contributed by atoms with E-state index in [0.717, 1.165) is 34.1 Å². The van der Waals surface area contributed by atoms with Crippen LogP contribution in [0, 0.1) is 11.6 Å². The van der Waals surface area contributed by atoms with Gasteiger partial charge in [0.2, 0.25) is 0 Å². The molecule has 0 fully saturated rings. The Bertz CT molecular complexity index is 1460. The Morgan fingerprint density at radius 2 is 1.89 bits per heavy atom. The molecule has 1 aromatic heterocycles. The van der Waals surface area contributed by atoms with Gasteiger partial charge in [-0.2, -0.15) is 0 Å². The van der Waals surface area contributed by atoms with Crippen molar-refractivity contribution in [3.63, 3.8) is 0 Å². The van der Waals surface area contributed by atoms with Crippen molar-refractivity contribution < 1.29 is 53.0 Å². The Labute approximate surface area is 233 Å². The van der Waals surface area contributed by atoms with Crippen LogP contribution in [0.15, 0.2) is 66.7 Å². The standard InChI is InChI=1S/C28H21F2NO3S.Na/c29-19-14-24(30)22-9-8-20(31-25(22)15-19)7-5-17-6-10-26-23(13-17)28(35-12-11-27(32)33)21-4-2-1-3-18(21)16-34-26;/h1-10,13-15,28H,11-12,16H2,(H,32,33);/q;+1/p-1. The van der Waals surface area contributed by atoms with Crippen LogP contribution in [-0.2, 0) is 11.4 Å². The first-order valence-corrected chi connectivity index (χ1v) is 12.1. The zero-order chi connectivity index (χ0) is 24.4.